The summed E-state index contributed by atoms with van der Waals surface area (Å²) in [7, 11) is 1.98. The normalized spacial score (nSPS) is 12.4. The third kappa shape index (κ3) is 2.86. The Morgan fingerprint density at radius 1 is 1.50 bits per heavy atom. The molecule has 1 N–H and O–H groups in total. The first-order chi connectivity index (χ1) is 7.60. The van der Waals surface area contributed by atoms with E-state index in [1.165, 1.54) is 11.3 Å². The van der Waals surface area contributed by atoms with Crippen molar-refractivity contribution in [2.45, 2.75) is 46.2 Å². The molecule has 16 heavy (non-hydrogen) atoms. The molecule has 3 heteroatoms. The van der Waals surface area contributed by atoms with E-state index in [0.29, 0.717) is 6.04 Å². The number of hydrogen-bond acceptors (Lipinski definition) is 2. The first kappa shape index (κ1) is 12.8. The molecule has 0 aliphatic carbocycles. The molecule has 3 nitrogen and oxygen atoms in total. The first-order valence-electron chi connectivity index (χ1n) is 5.76. The Labute approximate surface area is 98.2 Å². The van der Waals surface area contributed by atoms with Gasteiger partial charge in [0.15, 0.2) is 0 Å². The molecule has 0 saturated carbocycles. The molecule has 1 aromatic rings. The van der Waals surface area contributed by atoms with Crippen LogP contribution >= 0.6 is 0 Å². The van der Waals surface area contributed by atoms with Gasteiger partial charge < -0.3 is 5.32 Å². The smallest absolute Gasteiger partial charge is 0.0641 e. The largest absolute Gasteiger partial charge is 0.309 e. The second kappa shape index (κ2) is 5.72. The fourth-order valence-corrected chi connectivity index (χ4v) is 1.82. The number of aryl methyl sites for hydroxylation is 2. The van der Waals surface area contributed by atoms with Crippen LogP contribution in [0, 0.1) is 26.2 Å². The Hall–Kier alpha value is -1.27. The molecule has 1 atom stereocenters. The van der Waals surface area contributed by atoms with Crippen molar-refractivity contribution in [3.05, 3.63) is 17.0 Å². The topological polar surface area (TPSA) is 29.9 Å². The van der Waals surface area contributed by atoms with E-state index in [9.17, 15) is 0 Å². The van der Waals surface area contributed by atoms with Crippen molar-refractivity contribution in [3.8, 4) is 12.3 Å². The fourth-order valence-electron chi connectivity index (χ4n) is 1.82. The van der Waals surface area contributed by atoms with Crippen LogP contribution in [0.2, 0.25) is 0 Å². The molecule has 0 amide bonds. The molecule has 0 aliphatic heterocycles. The molecular formula is C13H21N3. The van der Waals surface area contributed by atoms with Gasteiger partial charge >= 0.3 is 0 Å². The summed E-state index contributed by atoms with van der Waals surface area (Å²) in [6.45, 7) is 7.15. The van der Waals surface area contributed by atoms with Crippen molar-refractivity contribution in [1.29, 1.82) is 0 Å². The maximum Gasteiger partial charge on any atom is 0.0641 e. The van der Waals surface area contributed by atoms with Gasteiger partial charge in [-0.05, 0) is 20.3 Å². The minimum Gasteiger partial charge on any atom is -0.309 e. The van der Waals surface area contributed by atoms with Crippen molar-refractivity contribution in [2.24, 2.45) is 7.05 Å². The van der Waals surface area contributed by atoms with Gasteiger partial charge in [-0.25, -0.2) is 0 Å². The molecule has 1 unspecified atom stereocenters. The number of aromatic nitrogens is 2. The Balaban J connectivity index is 2.64. The van der Waals surface area contributed by atoms with E-state index in [1.54, 1.807) is 0 Å². The standard InChI is InChI=1S/C13H21N3/c1-6-8-12(7-2)14-9-13-10(3)15-16(5)11(13)4/h1,12,14H,7-9H2,2-5H3. The summed E-state index contributed by atoms with van der Waals surface area (Å²) in [6, 6.07) is 0.406. The van der Waals surface area contributed by atoms with E-state index < -0.39 is 0 Å². The molecule has 0 bridgehead atoms. The lowest BCUT2D eigenvalue weighted by molar-refractivity contribution is 0.505. The van der Waals surface area contributed by atoms with Crippen LogP contribution in [0.15, 0.2) is 0 Å². The summed E-state index contributed by atoms with van der Waals surface area (Å²) in [5, 5.41) is 7.88. The van der Waals surface area contributed by atoms with Crippen LogP contribution in [0.5, 0.6) is 0 Å². The van der Waals surface area contributed by atoms with Crippen LogP contribution in [-0.4, -0.2) is 15.8 Å². The average molecular weight is 219 g/mol. The van der Waals surface area contributed by atoms with E-state index >= 15 is 0 Å². The Morgan fingerprint density at radius 3 is 2.62 bits per heavy atom. The van der Waals surface area contributed by atoms with E-state index in [1.807, 2.05) is 18.7 Å². The number of rotatable bonds is 5. The second-order valence-corrected chi connectivity index (χ2v) is 4.17. The number of terminal acetylenes is 1. The van der Waals surface area contributed by atoms with Crippen LogP contribution < -0.4 is 5.32 Å². The molecule has 0 aromatic carbocycles. The predicted molar refractivity (Wildman–Crippen MR) is 67.1 cm³/mol. The minimum atomic E-state index is 0.406. The molecule has 0 saturated heterocycles. The average Bonchev–Trinajstić information content (AvgIpc) is 2.49. The predicted octanol–water partition coefficient (Wildman–Crippen LogP) is 1.93. The highest BCUT2D eigenvalue weighted by atomic mass is 15.3. The molecule has 1 rings (SSSR count). The molecule has 1 aromatic heterocycles. The molecule has 0 radical (unpaired) electrons. The van der Waals surface area contributed by atoms with Crippen molar-refractivity contribution >= 4 is 0 Å². The van der Waals surface area contributed by atoms with Gasteiger partial charge in [0.05, 0.1) is 5.69 Å². The number of nitrogens with zero attached hydrogens (tertiary/aromatic N) is 2. The van der Waals surface area contributed by atoms with Gasteiger partial charge in [0.25, 0.3) is 0 Å². The molecule has 0 fully saturated rings. The van der Waals surface area contributed by atoms with Crippen LogP contribution in [0.4, 0.5) is 0 Å². The Morgan fingerprint density at radius 2 is 2.19 bits per heavy atom. The van der Waals surface area contributed by atoms with Crippen LogP contribution in [0.3, 0.4) is 0 Å². The van der Waals surface area contributed by atoms with Gasteiger partial charge in [0, 0.05) is 37.3 Å². The first-order valence-corrected chi connectivity index (χ1v) is 5.76. The van der Waals surface area contributed by atoms with Gasteiger partial charge in [-0.2, -0.15) is 5.10 Å². The highest BCUT2D eigenvalue weighted by Crippen LogP contribution is 2.12. The molecule has 0 aliphatic rings. The van der Waals surface area contributed by atoms with Gasteiger partial charge in [-0.1, -0.05) is 6.92 Å². The number of hydrogen-bond donors (Lipinski definition) is 1. The Kier molecular flexibility index (Phi) is 4.57. The monoisotopic (exact) mass is 219 g/mol. The molecular weight excluding hydrogens is 198 g/mol. The zero-order valence-corrected chi connectivity index (χ0v) is 10.7. The summed E-state index contributed by atoms with van der Waals surface area (Å²) in [6.07, 6.45) is 7.18. The minimum absolute atomic E-state index is 0.406. The summed E-state index contributed by atoms with van der Waals surface area (Å²) < 4.78 is 1.93. The summed E-state index contributed by atoms with van der Waals surface area (Å²) in [5.41, 5.74) is 3.61. The second-order valence-electron chi connectivity index (χ2n) is 4.17. The third-order valence-electron chi connectivity index (χ3n) is 3.08. The molecule has 1 heterocycles. The summed E-state index contributed by atoms with van der Waals surface area (Å²) in [5.74, 6) is 2.71. The quantitative estimate of drug-likeness (QED) is 0.767. The maximum absolute atomic E-state index is 5.33. The lowest BCUT2D eigenvalue weighted by Gasteiger charge is -2.14. The van der Waals surface area contributed by atoms with E-state index in [4.69, 9.17) is 6.42 Å². The van der Waals surface area contributed by atoms with Crippen molar-refractivity contribution < 1.29 is 0 Å². The number of nitrogens with one attached hydrogen (secondary N) is 1. The Bertz CT molecular complexity index is 385. The lowest BCUT2D eigenvalue weighted by atomic mass is 10.1. The van der Waals surface area contributed by atoms with Gasteiger partial charge in [0.1, 0.15) is 0 Å². The van der Waals surface area contributed by atoms with Gasteiger partial charge in [-0.15, -0.1) is 12.3 Å². The van der Waals surface area contributed by atoms with Crippen molar-refractivity contribution in [2.75, 3.05) is 0 Å². The van der Waals surface area contributed by atoms with Crippen LogP contribution in [0.25, 0.3) is 0 Å². The van der Waals surface area contributed by atoms with E-state index in [-0.39, 0.29) is 0 Å². The zero-order valence-electron chi connectivity index (χ0n) is 10.7. The summed E-state index contributed by atoms with van der Waals surface area (Å²) >= 11 is 0. The van der Waals surface area contributed by atoms with Crippen molar-refractivity contribution in [3.63, 3.8) is 0 Å². The van der Waals surface area contributed by atoms with Gasteiger partial charge in [0.2, 0.25) is 0 Å². The SMILES string of the molecule is C#CCC(CC)NCc1c(C)nn(C)c1C. The van der Waals surface area contributed by atoms with Gasteiger partial charge in [-0.3, -0.25) is 4.68 Å². The van der Waals surface area contributed by atoms with E-state index in [0.717, 1.165) is 25.1 Å². The fraction of sp³-hybridized carbons (Fsp3) is 0.615. The third-order valence-corrected chi connectivity index (χ3v) is 3.08. The molecule has 0 spiro atoms. The zero-order chi connectivity index (χ0) is 12.1. The van der Waals surface area contributed by atoms with Crippen LogP contribution in [-0.2, 0) is 13.6 Å². The summed E-state index contributed by atoms with van der Waals surface area (Å²) in [4.78, 5) is 0. The van der Waals surface area contributed by atoms with Crippen molar-refractivity contribution in [1.82, 2.24) is 15.1 Å². The highest BCUT2D eigenvalue weighted by Gasteiger charge is 2.10. The van der Waals surface area contributed by atoms with Crippen LogP contribution in [0.1, 0.15) is 36.7 Å². The highest BCUT2D eigenvalue weighted by molar-refractivity contribution is 5.24. The maximum atomic E-state index is 5.33. The van der Waals surface area contributed by atoms with E-state index in [2.05, 4.69) is 30.2 Å². The lowest BCUT2D eigenvalue weighted by Crippen LogP contribution is -2.27. The molecule has 88 valence electrons.